The minimum Gasteiger partial charge on any atom is -0.493 e. The molecule has 2 aromatic carbocycles. The van der Waals surface area contributed by atoms with Crippen molar-refractivity contribution >= 4 is 34.0 Å². The lowest BCUT2D eigenvalue weighted by atomic mass is 9.95. The van der Waals surface area contributed by atoms with E-state index in [-0.39, 0.29) is 11.2 Å². The molecule has 0 radical (unpaired) electrons. The number of aromatic nitrogens is 2. The number of halogens is 2. The van der Waals surface area contributed by atoms with Crippen molar-refractivity contribution in [3.63, 3.8) is 0 Å². The maximum Gasteiger partial charge on any atom is 0.261 e. The number of hydrogen-bond acceptors (Lipinski definition) is 9. The highest BCUT2D eigenvalue weighted by Crippen LogP contribution is 2.32. The predicted octanol–water partition coefficient (Wildman–Crippen LogP) is 5.67. The van der Waals surface area contributed by atoms with Crippen LogP contribution in [0.25, 0.3) is 10.9 Å². The van der Waals surface area contributed by atoms with Crippen LogP contribution in [-0.2, 0) is 10.5 Å². The smallest absolute Gasteiger partial charge is 0.261 e. The number of nitrogens with zero attached hydrogens (tertiary/aromatic N) is 4. The highest BCUT2D eigenvalue weighted by molar-refractivity contribution is 7.99. The Labute approximate surface area is 286 Å². The first kappa shape index (κ1) is 34.9. The number of benzene rings is 2. The number of H-pyrrole nitrogens is 1. The van der Waals surface area contributed by atoms with E-state index in [0.29, 0.717) is 64.1 Å². The molecular weight excluding hydrogens is 634 g/mol. The van der Waals surface area contributed by atoms with Crippen molar-refractivity contribution in [2.24, 2.45) is 5.92 Å². The number of ether oxygens (including phenoxy) is 2. The van der Waals surface area contributed by atoms with Gasteiger partial charge in [-0.1, -0.05) is 13.8 Å². The Hall–Kier alpha value is -2.93. The largest absolute Gasteiger partial charge is 0.493 e. The number of nitrogen functional groups attached to an aromatic ring is 1. The molecule has 0 atom stereocenters. The van der Waals surface area contributed by atoms with Crippen LogP contribution in [0.15, 0.2) is 35.1 Å². The maximum atomic E-state index is 14.9. The van der Waals surface area contributed by atoms with Crippen LogP contribution in [0.5, 0.6) is 5.75 Å². The van der Waals surface area contributed by atoms with Gasteiger partial charge in [-0.15, -0.1) is 0 Å². The van der Waals surface area contributed by atoms with E-state index in [9.17, 15) is 13.6 Å². The van der Waals surface area contributed by atoms with Crippen LogP contribution >= 0.6 is 11.8 Å². The number of piperidine rings is 2. The highest BCUT2D eigenvalue weighted by Gasteiger charge is 2.38. The van der Waals surface area contributed by atoms with Crippen molar-refractivity contribution in [3.8, 4) is 5.75 Å². The van der Waals surface area contributed by atoms with E-state index in [4.69, 9.17) is 15.2 Å². The Balaban J connectivity index is 0.00000197. The van der Waals surface area contributed by atoms with Crippen LogP contribution in [0.4, 0.5) is 20.2 Å². The summed E-state index contributed by atoms with van der Waals surface area (Å²) in [6.45, 7) is 12.1. The van der Waals surface area contributed by atoms with Gasteiger partial charge in [0.15, 0.2) is 0 Å². The van der Waals surface area contributed by atoms with Crippen LogP contribution in [0.1, 0.15) is 58.2 Å². The summed E-state index contributed by atoms with van der Waals surface area (Å²) in [6, 6.07) is 9.13. The predicted molar refractivity (Wildman–Crippen MR) is 190 cm³/mol. The van der Waals surface area contributed by atoms with Crippen molar-refractivity contribution in [2.75, 3.05) is 69.7 Å². The molecule has 7 rings (SSSR count). The summed E-state index contributed by atoms with van der Waals surface area (Å²) in [7, 11) is 0. The third-order valence-electron chi connectivity index (χ3n) is 10.2. The Morgan fingerprint density at radius 2 is 1.67 bits per heavy atom. The fourth-order valence-corrected chi connectivity index (χ4v) is 8.47. The number of aromatic amines is 1. The summed E-state index contributed by atoms with van der Waals surface area (Å²) in [5.41, 5.74) is 6.74. The molecule has 262 valence electrons. The lowest BCUT2D eigenvalue weighted by Gasteiger charge is -2.52. The third kappa shape index (κ3) is 8.26. The number of nitrogens with one attached hydrogen (secondary N) is 1. The number of likely N-dealkylation sites (tertiary alicyclic amines) is 2. The Morgan fingerprint density at radius 3 is 2.38 bits per heavy atom. The van der Waals surface area contributed by atoms with Gasteiger partial charge in [0.25, 0.3) is 5.56 Å². The van der Waals surface area contributed by atoms with E-state index in [2.05, 4.69) is 24.7 Å². The Kier molecular flexibility index (Phi) is 11.8. The second-order valence-corrected chi connectivity index (χ2v) is 14.6. The quantitative estimate of drug-likeness (QED) is 0.277. The molecule has 4 aliphatic heterocycles. The zero-order valence-corrected chi connectivity index (χ0v) is 29.1. The minimum atomic E-state index is -0.603. The van der Waals surface area contributed by atoms with Crippen molar-refractivity contribution in [3.05, 3.63) is 58.1 Å². The van der Waals surface area contributed by atoms with E-state index in [1.165, 1.54) is 12.1 Å². The Bertz CT molecular complexity index is 1570. The number of nitrogens with two attached hydrogens (primary N) is 1. The molecule has 1 aromatic heterocycles. The van der Waals surface area contributed by atoms with Gasteiger partial charge in [0.2, 0.25) is 0 Å². The highest BCUT2D eigenvalue weighted by atomic mass is 32.2. The van der Waals surface area contributed by atoms with E-state index < -0.39 is 11.4 Å². The minimum absolute atomic E-state index is 0.0173. The number of rotatable bonds is 9. The van der Waals surface area contributed by atoms with Crippen LogP contribution < -0.4 is 20.9 Å². The molecule has 0 bridgehead atoms. The zero-order chi connectivity index (χ0) is 33.6. The molecule has 4 aliphatic rings. The van der Waals surface area contributed by atoms with Gasteiger partial charge >= 0.3 is 0 Å². The number of fused-ring (bicyclic) bond motifs is 1. The van der Waals surface area contributed by atoms with E-state index >= 15 is 0 Å². The third-order valence-corrected chi connectivity index (χ3v) is 11.6. The lowest BCUT2D eigenvalue weighted by Crippen LogP contribution is -2.64. The van der Waals surface area contributed by atoms with Gasteiger partial charge in [-0.3, -0.25) is 14.6 Å². The molecule has 0 aliphatic carbocycles. The topological polar surface area (TPSA) is 99.9 Å². The van der Waals surface area contributed by atoms with Crippen LogP contribution in [0.3, 0.4) is 0 Å². The molecule has 0 unspecified atom stereocenters. The van der Waals surface area contributed by atoms with Crippen molar-refractivity contribution < 1.29 is 18.3 Å². The average Bonchev–Trinajstić information content (AvgIpc) is 3.08. The van der Waals surface area contributed by atoms with E-state index in [1.54, 1.807) is 18.2 Å². The van der Waals surface area contributed by atoms with Gasteiger partial charge < -0.3 is 25.1 Å². The molecular formula is C36H50F2N6O3S. The van der Waals surface area contributed by atoms with E-state index in [1.807, 2.05) is 25.6 Å². The van der Waals surface area contributed by atoms with Gasteiger partial charge in [-0.25, -0.2) is 13.8 Å². The summed E-state index contributed by atoms with van der Waals surface area (Å²) in [5.74, 6) is 1.12. The number of anilines is 2. The SMILES string of the molecule is CC.Nc1ccc(N2CCC(N3CC(N4CCC(SCc5nc6cc(OCC7CCOCC7)cc(F)c6c(=O)[nH]5)CC4)C3)CC2)c(F)c1. The van der Waals surface area contributed by atoms with Crippen molar-refractivity contribution in [1.82, 2.24) is 19.8 Å². The lowest BCUT2D eigenvalue weighted by molar-refractivity contribution is -0.00877. The van der Waals surface area contributed by atoms with Gasteiger partial charge in [0.05, 0.1) is 23.6 Å². The number of hydrogen-bond donors (Lipinski definition) is 2. The molecule has 9 nitrogen and oxygen atoms in total. The first-order valence-corrected chi connectivity index (χ1v) is 18.8. The fourth-order valence-electron chi connectivity index (χ4n) is 7.40. The molecule has 0 saturated carbocycles. The van der Waals surface area contributed by atoms with Crippen molar-refractivity contribution in [2.45, 2.75) is 75.5 Å². The number of thioether (sulfide) groups is 1. The summed E-state index contributed by atoms with van der Waals surface area (Å²) in [6.07, 6.45) is 6.18. The summed E-state index contributed by atoms with van der Waals surface area (Å²) < 4.78 is 40.6. The zero-order valence-electron chi connectivity index (χ0n) is 28.3. The molecule has 0 amide bonds. The normalized spacial score (nSPS) is 20.8. The summed E-state index contributed by atoms with van der Waals surface area (Å²) in [5, 5.41) is 0.480. The maximum absolute atomic E-state index is 14.9. The molecule has 3 N–H and O–H groups in total. The van der Waals surface area contributed by atoms with Gasteiger partial charge in [0.1, 0.15) is 28.6 Å². The monoisotopic (exact) mass is 684 g/mol. The summed E-state index contributed by atoms with van der Waals surface area (Å²) in [4.78, 5) is 27.6. The molecule has 4 fully saturated rings. The standard InChI is InChI=1S/C34H44F2N6O3S.C2H6/c35-28-15-23(37)1-2-31(28)41-9-3-24(4-10-41)42-18-25(19-42)40-11-5-27(6-12-40)46-21-32-38-30-17-26(16-29(36)33(30)34(43)39-32)45-20-22-7-13-44-14-8-22;1-2/h1-2,15-17,22,24-25,27H,3-14,18-21,37H2,(H,38,39,43);1-2H3. The molecule has 4 saturated heterocycles. The average molecular weight is 685 g/mol. The van der Waals surface area contributed by atoms with Crippen LogP contribution in [0.2, 0.25) is 0 Å². The molecule has 48 heavy (non-hydrogen) atoms. The summed E-state index contributed by atoms with van der Waals surface area (Å²) >= 11 is 1.82. The first-order valence-electron chi connectivity index (χ1n) is 17.7. The molecule has 5 heterocycles. The Morgan fingerprint density at radius 1 is 0.938 bits per heavy atom. The van der Waals surface area contributed by atoms with Crippen LogP contribution in [0, 0.1) is 17.6 Å². The molecule has 3 aromatic rings. The van der Waals surface area contributed by atoms with Crippen LogP contribution in [-0.4, -0.2) is 96.2 Å². The van der Waals surface area contributed by atoms with Gasteiger partial charge in [-0.05, 0) is 75.7 Å². The fraction of sp³-hybridized carbons (Fsp3) is 0.611. The molecule has 12 heteroatoms. The second kappa shape index (κ2) is 16.2. The van der Waals surface area contributed by atoms with Crippen molar-refractivity contribution in [1.29, 1.82) is 0 Å². The van der Waals surface area contributed by atoms with E-state index in [0.717, 1.165) is 91.0 Å². The first-order chi connectivity index (χ1) is 23.4. The van der Waals surface area contributed by atoms with Gasteiger partial charge in [0, 0.05) is 74.5 Å². The molecule has 0 spiro atoms. The second-order valence-electron chi connectivity index (χ2n) is 13.3. The van der Waals surface area contributed by atoms with Gasteiger partial charge in [-0.2, -0.15) is 11.8 Å².